The van der Waals surface area contributed by atoms with Gasteiger partial charge in [-0.1, -0.05) is 18.7 Å². The van der Waals surface area contributed by atoms with Crippen LogP contribution in [-0.2, 0) is 4.74 Å². The molecular formula is C11H17NO. The molecule has 1 rings (SSSR count). The summed E-state index contributed by atoms with van der Waals surface area (Å²) in [4.78, 5) is 0. The fourth-order valence-electron chi connectivity index (χ4n) is 1.30. The Morgan fingerprint density at radius 3 is 2.77 bits per heavy atom. The highest BCUT2D eigenvalue weighted by Crippen LogP contribution is 2.18. The van der Waals surface area contributed by atoms with Crippen molar-refractivity contribution in [1.82, 2.24) is 5.32 Å². The summed E-state index contributed by atoms with van der Waals surface area (Å²) in [6.07, 6.45) is 5.53. The molecule has 1 heterocycles. The van der Waals surface area contributed by atoms with Crippen molar-refractivity contribution in [2.24, 2.45) is 0 Å². The van der Waals surface area contributed by atoms with Crippen molar-refractivity contribution < 1.29 is 4.74 Å². The van der Waals surface area contributed by atoms with Crippen LogP contribution in [0.2, 0.25) is 0 Å². The molecule has 0 saturated carbocycles. The minimum Gasteiger partial charge on any atom is -0.489 e. The minimum absolute atomic E-state index is 0.0373. The first-order valence-corrected chi connectivity index (χ1v) is 4.46. The maximum absolute atomic E-state index is 5.59. The molecule has 2 heteroatoms. The predicted molar refractivity (Wildman–Crippen MR) is 55.2 cm³/mol. The van der Waals surface area contributed by atoms with Crippen LogP contribution < -0.4 is 5.32 Å². The number of hydrogen-bond acceptors (Lipinski definition) is 2. The lowest BCUT2D eigenvalue weighted by molar-refractivity contribution is 0.126. The maximum Gasteiger partial charge on any atom is 0.138 e. The van der Waals surface area contributed by atoms with Crippen molar-refractivity contribution >= 4 is 0 Å². The summed E-state index contributed by atoms with van der Waals surface area (Å²) in [5.41, 5.74) is 1.12. The SMILES string of the molecule is C=C/C=C\C1=C(C)NC(C)(C)CO1. The van der Waals surface area contributed by atoms with Crippen molar-refractivity contribution in [3.8, 4) is 0 Å². The Labute approximate surface area is 80.0 Å². The van der Waals surface area contributed by atoms with Crippen LogP contribution in [0.3, 0.4) is 0 Å². The molecule has 0 spiro atoms. The van der Waals surface area contributed by atoms with E-state index in [1.807, 2.05) is 19.1 Å². The molecule has 0 radical (unpaired) electrons. The van der Waals surface area contributed by atoms with Crippen LogP contribution in [0.1, 0.15) is 20.8 Å². The highest BCUT2D eigenvalue weighted by Gasteiger charge is 2.24. The average Bonchev–Trinajstić information content (AvgIpc) is 2.02. The van der Waals surface area contributed by atoms with Crippen LogP contribution in [0, 0.1) is 0 Å². The lowest BCUT2D eigenvalue weighted by atomic mass is 10.1. The molecular weight excluding hydrogens is 162 g/mol. The van der Waals surface area contributed by atoms with Gasteiger partial charge in [0.2, 0.25) is 0 Å². The quantitative estimate of drug-likeness (QED) is 0.657. The van der Waals surface area contributed by atoms with Gasteiger partial charge in [-0.15, -0.1) is 0 Å². The Balaban J connectivity index is 2.76. The van der Waals surface area contributed by atoms with Gasteiger partial charge in [0.25, 0.3) is 0 Å². The molecule has 2 nitrogen and oxygen atoms in total. The molecule has 1 N–H and O–H groups in total. The van der Waals surface area contributed by atoms with E-state index in [9.17, 15) is 0 Å². The van der Waals surface area contributed by atoms with Crippen LogP contribution in [0.4, 0.5) is 0 Å². The van der Waals surface area contributed by atoms with Gasteiger partial charge >= 0.3 is 0 Å². The van der Waals surface area contributed by atoms with Crippen molar-refractivity contribution in [2.45, 2.75) is 26.3 Å². The zero-order chi connectivity index (χ0) is 9.90. The van der Waals surface area contributed by atoms with E-state index in [0.29, 0.717) is 6.61 Å². The van der Waals surface area contributed by atoms with Crippen molar-refractivity contribution in [2.75, 3.05) is 6.61 Å². The molecule has 72 valence electrons. The number of rotatable bonds is 2. The van der Waals surface area contributed by atoms with E-state index in [4.69, 9.17) is 4.74 Å². The Bertz CT molecular complexity index is 261. The Hall–Kier alpha value is -1.18. The second kappa shape index (κ2) is 3.69. The third kappa shape index (κ3) is 2.65. The molecule has 1 aliphatic rings. The fraction of sp³-hybridized carbons (Fsp3) is 0.455. The normalized spacial score (nSPS) is 21.2. The fourth-order valence-corrected chi connectivity index (χ4v) is 1.30. The number of nitrogens with one attached hydrogen (secondary N) is 1. The molecule has 0 bridgehead atoms. The van der Waals surface area contributed by atoms with Gasteiger partial charge in [0, 0.05) is 0 Å². The summed E-state index contributed by atoms with van der Waals surface area (Å²) in [7, 11) is 0. The summed E-state index contributed by atoms with van der Waals surface area (Å²) < 4.78 is 5.59. The van der Waals surface area contributed by atoms with E-state index < -0.39 is 0 Å². The first kappa shape index (κ1) is 9.90. The molecule has 0 unspecified atom stereocenters. The van der Waals surface area contributed by atoms with E-state index in [-0.39, 0.29) is 5.54 Å². The van der Waals surface area contributed by atoms with Crippen LogP contribution in [0.15, 0.2) is 36.3 Å². The molecule has 1 aliphatic heterocycles. The molecule has 0 amide bonds. The van der Waals surface area contributed by atoms with Gasteiger partial charge in [-0.3, -0.25) is 0 Å². The van der Waals surface area contributed by atoms with Crippen molar-refractivity contribution in [1.29, 1.82) is 0 Å². The second-order valence-corrected chi connectivity index (χ2v) is 3.88. The number of allylic oxidation sites excluding steroid dienone is 4. The highest BCUT2D eigenvalue weighted by atomic mass is 16.5. The molecule has 0 aromatic heterocycles. The Kier molecular flexibility index (Phi) is 2.81. The van der Waals surface area contributed by atoms with Gasteiger partial charge in [-0.2, -0.15) is 0 Å². The zero-order valence-corrected chi connectivity index (χ0v) is 8.55. The standard InChI is InChI=1S/C11H17NO/c1-5-6-7-10-9(2)12-11(3,4)8-13-10/h5-7,12H,1,8H2,2-4H3/b7-6-. The molecule has 0 fully saturated rings. The van der Waals surface area contributed by atoms with Gasteiger partial charge < -0.3 is 10.1 Å². The summed E-state index contributed by atoms with van der Waals surface area (Å²) in [5.74, 6) is 0.902. The first-order chi connectivity index (χ1) is 6.05. The minimum atomic E-state index is 0.0373. The van der Waals surface area contributed by atoms with Gasteiger partial charge in [-0.25, -0.2) is 0 Å². The smallest absolute Gasteiger partial charge is 0.138 e. The van der Waals surface area contributed by atoms with Crippen LogP contribution >= 0.6 is 0 Å². The van der Waals surface area contributed by atoms with Gasteiger partial charge in [-0.05, 0) is 26.8 Å². The lowest BCUT2D eigenvalue weighted by Gasteiger charge is -2.33. The highest BCUT2D eigenvalue weighted by molar-refractivity contribution is 5.23. The van der Waals surface area contributed by atoms with E-state index in [0.717, 1.165) is 11.5 Å². The molecule has 0 aromatic rings. The van der Waals surface area contributed by atoms with E-state index in [1.54, 1.807) is 6.08 Å². The van der Waals surface area contributed by atoms with Crippen molar-refractivity contribution in [3.63, 3.8) is 0 Å². The third-order valence-corrected chi connectivity index (χ3v) is 1.87. The second-order valence-electron chi connectivity index (χ2n) is 3.88. The van der Waals surface area contributed by atoms with Gasteiger partial charge in [0.05, 0.1) is 11.2 Å². The molecule has 13 heavy (non-hydrogen) atoms. The van der Waals surface area contributed by atoms with Crippen LogP contribution in [-0.4, -0.2) is 12.1 Å². The number of ether oxygens (including phenoxy) is 1. The van der Waals surface area contributed by atoms with Gasteiger partial charge in [0.15, 0.2) is 0 Å². The predicted octanol–water partition coefficient (Wildman–Crippen LogP) is 2.36. The molecule has 0 atom stereocenters. The zero-order valence-electron chi connectivity index (χ0n) is 8.55. The Morgan fingerprint density at radius 2 is 2.23 bits per heavy atom. The first-order valence-electron chi connectivity index (χ1n) is 4.46. The van der Waals surface area contributed by atoms with E-state index in [2.05, 4.69) is 25.7 Å². The monoisotopic (exact) mass is 179 g/mol. The topological polar surface area (TPSA) is 21.3 Å². The third-order valence-electron chi connectivity index (χ3n) is 1.87. The van der Waals surface area contributed by atoms with Gasteiger partial charge in [0.1, 0.15) is 12.4 Å². The largest absolute Gasteiger partial charge is 0.489 e. The molecule has 0 aliphatic carbocycles. The lowest BCUT2D eigenvalue weighted by Crippen LogP contribution is -2.45. The van der Waals surface area contributed by atoms with E-state index in [1.165, 1.54) is 0 Å². The maximum atomic E-state index is 5.59. The van der Waals surface area contributed by atoms with Crippen molar-refractivity contribution in [3.05, 3.63) is 36.3 Å². The molecule has 0 saturated heterocycles. The van der Waals surface area contributed by atoms with E-state index >= 15 is 0 Å². The van der Waals surface area contributed by atoms with Crippen LogP contribution in [0.25, 0.3) is 0 Å². The molecule has 0 aromatic carbocycles. The summed E-state index contributed by atoms with van der Waals surface area (Å²) in [6.45, 7) is 10.6. The summed E-state index contributed by atoms with van der Waals surface area (Å²) >= 11 is 0. The Morgan fingerprint density at radius 1 is 1.54 bits per heavy atom. The summed E-state index contributed by atoms with van der Waals surface area (Å²) in [5, 5.41) is 3.38. The van der Waals surface area contributed by atoms with Crippen LogP contribution in [0.5, 0.6) is 0 Å². The summed E-state index contributed by atoms with van der Waals surface area (Å²) in [6, 6.07) is 0. The average molecular weight is 179 g/mol. The number of hydrogen-bond donors (Lipinski definition) is 1.